The van der Waals surface area contributed by atoms with E-state index in [0.29, 0.717) is 19.7 Å². The van der Waals surface area contributed by atoms with Gasteiger partial charge in [-0.1, -0.05) is 30.3 Å². The van der Waals surface area contributed by atoms with Crippen molar-refractivity contribution in [1.29, 1.82) is 0 Å². The number of benzene rings is 1. The third kappa shape index (κ3) is 7.53. The maximum atomic E-state index is 9.85. The van der Waals surface area contributed by atoms with Crippen LogP contribution in [0.25, 0.3) is 0 Å². The van der Waals surface area contributed by atoms with Crippen molar-refractivity contribution in [3.05, 3.63) is 35.9 Å². The number of hydrogen-bond donors (Lipinski definition) is 0. The lowest BCUT2D eigenvalue weighted by molar-refractivity contribution is -0.129. The van der Waals surface area contributed by atoms with Gasteiger partial charge in [0.05, 0.1) is 6.61 Å². The van der Waals surface area contributed by atoms with E-state index < -0.39 is 0 Å². The van der Waals surface area contributed by atoms with Crippen molar-refractivity contribution in [2.24, 2.45) is 0 Å². The highest BCUT2D eigenvalue weighted by atomic mass is 16.5. The van der Waals surface area contributed by atoms with Crippen molar-refractivity contribution in [2.75, 3.05) is 19.8 Å². The number of unbranched alkanes of at least 4 members (excludes halogenated alkanes) is 1. The Bertz CT molecular complexity index is 285. The molecular weight excluding hydrogens is 216 g/mol. The van der Waals surface area contributed by atoms with Crippen LogP contribution in [0.15, 0.2) is 30.3 Å². The van der Waals surface area contributed by atoms with Gasteiger partial charge in [0.2, 0.25) is 0 Å². The molecule has 94 valence electrons. The van der Waals surface area contributed by atoms with Gasteiger partial charge >= 0.3 is 0 Å². The summed E-state index contributed by atoms with van der Waals surface area (Å²) in [6.45, 7) is 2.38. The standard InChI is InChI=1S/C14H20O3/c15-13-17-12-6-11-16-10-5-4-9-14-7-2-1-3-8-14/h1-3,7-8,13H,4-6,9-12H2. The Morgan fingerprint density at radius 2 is 1.71 bits per heavy atom. The predicted octanol–water partition coefficient (Wildman–Crippen LogP) is 2.59. The summed E-state index contributed by atoms with van der Waals surface area (Å²) in [7, 11) is 0. The lowest BCUT2D eigenvalue weighted by atomic mass is 10.1. The van der Waals surface area contributed by atoms with Crippen molar-refractivity contribution in [2.45, 2.75) is 25.7 Å². The van der Waals surface area contributed by atoms with Crippen LogP contribution in [0.4, 0.5) is 0 Å². The van der Waals surface area contributed by atoms with E-state index in [0.717, 1.165) is 32.3 Å². The number of hydrogen-bond acceptors (Lipinski definition) is 3. The molecule has 0 aliphatic heterocycles. The van der Waals surface area contributed by atoms with Gasteiger partial charge in [-0.25, -0.2) is 0 Å². The lowest BCUT2D eigenvalue weighted by Crippen LogP contribution is -2.01. The van der Waals surface area contributed by atoms with Crippen LogP contribution in [0.1, 0.15) is 24.8 Å². The summed E-state index contributed by atoms with van der Waals surface area (Å²) in [5.41, 5.74) is 1.38. The van der Waals surface area contributed by atoms with Gasteiger partial charge in [0, 0.05) is 19.6 Å². The summed E-state index contributed by atoms with van der Waals surface area (Å²) in [5.74, 6) is 0. The Balaban J connectivity index is 1.86. The van der Waals surface area contributed by atoms with Crippen molar-refractivity contribution >= 4 is 6.47 Å². The van der Waals surface area contributed by atoms with Crippen molar-refractivity contribution in [1.82, 2.24) is 0 Å². The van der Waals surface area contributed by atoms with E-state index in [-0.39, 0.29) is 0 Å². The Kier molecular flexibility index (Phi) is 7.94. The van der Waals surface area contributed by atoms with Crippen molar-refractivity contribution in [3.8, 4) is 0 Å². The topological polar surface area (TPSA) is 35.5 Å². The molecule has 1 aromatic rings. The molecule has 0 bridgehead atoms. The number of rotatable bonds is 10. The number of carbonyl (C=O) groups excluding carboxylic acids is 1. The Morgan fingerprint density at radius 1 is 0.941 bits per heavy atom. The van der Waals surface area contributed by atoms with Crippen molar-refractivity contribution in [3.63, 3.8) is 0 Å². The van der Waals surface area contributed by atoms with Crippen LogP contribution in [-0.4, -0.2) is 26.3 Å². The quantitative estimate of drug-likeness (QED) is 0.462. The van der Waals surface area contributed by atoms with E-state index in [1.165, 1.54) is 5.56 Å². The first-order valence-corrected chi connectivity index (χ1v) is 6.10. The smallest absolute Gasteiger partial charge is 0.293 e. The molecule has 0 amide bonds. The van der Waals surface area contributed by atoms with Crippen LogP contribution in [0, 0.1) is 0 Å². The second kappa shape index (κ2) is 9.85. The van der Waals surface area contributed by atoms with Gasteiger partial charge in [-0.3, -0.25) is 4.79 Å². The molecule has 0 heterocycles. The molecular formula is C14H20O3. The number of ether oxygens (including phenoxy) is 2. The normalized spacial score (nSPS) is 10.1. The fourth-order valence-electron chi connectivity index (χ4n) is 1.57. The molecule has 17 heavy (non-hydrogen) atoms. The molecule has 1 aromatic carbocycles. The first-order valence-electron chi connectivity index (χ1n) is 6.10. The second-order valence-corrected chi connectivity index (χ2v) is 3.88. The lowest BCUT2D eigenvalue weighted by Gasteiger charge is -2.04. The summed E-state index contributed by atoms with van der Waals surface area (Å²) < 4.78 is 9.98. The van der Waals surface area contributed by atoms with E-state index in [9.17, 15) is 4.79 Å². The summed E-state index contributed by atoms with van der Waals surface area (Å²) in [4.78, 5) is 9.85. The van der Waals surface area contributed by atoms with Gasteiger partial charge in [0.15, 0.2) is 0 Å². The Labute approximate surface area is 103 Å². The minimum atomic E-state index is 0.452. The molecule has 0 aliphatic rings. The van der Waals surface area contributed by atoms with E-state index in [4.69, 9.17) is 4.74 Å². The number of carbonyl (C=O) groups is 1. The first kappa shape index (κ1) is 13.7. The van der Waals surface area contributed by atoms with Gasteiger partial charge < -0.3 is 9.47 Å². The third-order valence-corrected chi connectivity index (χ3v) is 2.47. The zero-order valence-electron chi connectivity index (χ0n) is 10.1. The average molecular weight is 236 g/mol. The van der Waals surface area contributed by atoms with Gasteiger partial charge in [-0.05, 0) is 24.8 Å². The molecule has 3 nitrogen and oxygen atoms in total. The summed E-state index contributed by atoms with van der Waals surface area (Å²) in [5, 5.41) is 0. The predicted molar refractivity (Wildman–Crippen MR) is 66.8 cm³/mol. The zero-order chi connectivity index (χ0) is 12.2. The summed E-state index contributed by atoms with van der Waals surface area (Å²) in [6, 6.07) is 10.5. The molecule has 0 spiro atoms. The second-order valence-electron chi connectivity index (χ2n) is 3.88. The molecule has 0 atom stereocenters. The fraction of sp³-hybridized carbons (Fsp3) is 0.500. The van der Waals surface area contributed by atoms with Gasteiger partial charge in [0.1, 0.15) is 0 Å². The maximum absolute atomic E-state index is 9.85. The molecule has 0 unspecified atom stereocenters. The molecule has 0 radical (unpaired) electrons. The van der Waals surface area contributed by atoms with Crippen LogP contribution in [-0.2, 0) is 20.7 Å². The SMILES string of the molecule is O=COCCCOCCCCc1ccccc1. The third-order valence-electron chi connectivity index (χ3n) is 2.47. The molecule has 3 heteroatoms. The van der Waals surface area contributed by atoms with Crippen LogP contribution < -0.4 is 0 Å². The zero-order valence-corrected chi connectivity index (χ0v) is 10.1. The average Bonchev–Trinajstić information content (AvgIpc) is 2.38. The minimum Gasteiger partial charge on any atom is -0.468 e. The number of aryl methyl sites for hydroxylation is 1. The summed E-state index contributed by atoms with van der Waals surface area (Å²) >= 11 is 0. The van der Waals surface area contributed by atoms with E-state index in [2.05, 4.69) is 29.0 Å². The van der Waals surface area contributed by atoms with E-state index in [1.54, 1.807) is 0 Å². The molecule has 0 fully saturated rings. The van der Waals surface area contributed by atoms with Crippen LogP contribution in [0.2, 0.25) is 0 Å². The maximum Gasteiger partial charge on any atom is 0.293 e. The van der Waals surface area contributed by atoms with E-state index in [1.807, 2.05) is 6.07 Å². The van der Waals surface area contributed by atoms with Gasteiger partial charge in [0.25, 0.3) is 6.47 Å². The van der Waals surface area contributed by atoms with Crippen LogP contribution in [0.5, 0.6) is 0 Å². The molecule has 1 rings (SSSR count). The largest absolute Gasteiger partial charge is 0.468 e. The first-order chi connectivity index (χ1) is 8.43. The Hall–Kier alpha value is -1.35. The van der Waals surface area contributed by atoms with E-state index >= 15 is 0 Å². The van der Waals surface area contributed by atoms with Gasteiger partial charge in [-0.2, -0.15) is 0 Å². The Morgan fingerprint density at radius 3 is 2.47 bits per heavy atom. The highest BCUT2D eigenvalue weighted by Crippen LogP contribution is 2.04. The highest BCUT2D eigenvalue weighted by molar-refractivity contribution is 5.36. The molecule has 0 N–H and O–H groups in total. The molecule has 0 aliphatic carbocycles. The molecule has 0 saturated heterocycles. The molecule has 0 aromatic heterocycles. The fourth-order valence-corrected chi connectivity index (χ4v) is 1.57. The summed E-state index contributed by atoms with van der Waals surface area (Å²) in [6.07, 6.45) is 4.11. The minimum absolute atomic E-state index is 0.452. The van der Waals surface area contributed by atoms with Crippen LogP contribution in [0.3, 0.4) is 0 Å². The van der Waals surface area contributed by atoms with Crippen LogP contribution >= 0.6 is 0 Å². The molecule has 0 saturated carbocycles. The highest BCUT2D eigenvalue weighted by Gasteiger charge is 1.93. The van der Waals surface area contributed by atoms with Crippen molar-refractivity contribution < 1.29 is 14.3 Å². The monoisotopic (exact) mass is 236 g/mol. The van der Waals surface area contributed by atoms with Gasteiger partial charge in [-0.15, -0.1) is 0 Å².